The largest absolute Gasteiger partial charge is 0.329 e. The molecule has 1 amide bonds. The number of hydrogen-bond donors (Lipinski definition) is 0. The Morgan fingerprint density at radius 3 is 2.42 bits per heavy atom. The highest BCUT2D eigenvalue weighted by Gasteiger charge is 2.40. The fourth-order valence-electron chi connectivity index (χ4n) is 3.61. The maximum atomic E-state index is 13.1. The Hall–Kier alpha value is -2.69. The summed E-state index contributed by atoms with van der Waals surface area (Å²) in [5, 5.41) is 10.8. The summed E-state index contributed by atoms with van der Waals surface area (Å²) in [5.41, 5.74) is 3.11. The second-order valence-corrected chi connectivity index (χ2v) is 6.50. The van der Waals surface area contributed by atoms with Crippen LogP contribution >= 0.6 is 0 Å². The normalized spacial score (nSPS) is 18.9. The Bertz CT molecular complexity index is 797. The number of hydrogen-bond acceptors (Lipinski definition) is 3. The van der Waals surface area contributed by atoms with Gasteiger partial charge in [-0.25, -0.2) is 0 Å². The van der Waals surface area contributed by atoms with Crippen LogP contribution < -0.4 is 0 Å². The molecule has 1 fully saturated rings. The van der Waals surface area contributed by atoms with Crippen molar-refractivity contribution in [1.82, 2.24) is 4.90 Å². The van der Waals surface area contributed by atoms with Gasteiger partial charge >= 0.3 is 0 Å². The molecule has 24 heavy (non-hydrogen) atoms. The highest BCUT2D eigenvalue weighted by molar-refractivity contribution is 5.95. The molecule has 0 saturated heterocycles. The van der Waals surface area contributed by atoms with Crippen molar-refractivity contribution in [2.45, 2.75) is 37.8 Å². The molecule has 0 bridgehead atoms. The quantitative estimate of drug-likeness (QED) is 0.634. The summed E-state index contributed by atoms with van der Waals surface area (Å²) in [6, 6.07) is 14.7. The van der Waals surface area contributed by atoms with Crippen molar-refractivity contribution in [3.63, 3.8) is 0 Å². The van der Waals surface area contributed by atoms with Gasteiger partial charge in [0.05, 0.1) is 11.0 Å². The van der Waals surface area contributed by atoms with Crippen LogP contribution in [0.1, 0.15) is 46.8 Å². The highest BCUT2D eigenvalue weighted by Crippen LogP contribution is 2.42. The van der Waals surface area contributed by atoms with E-state index in [1.54, 1.807) is 12.1 Å². The SMILES string of the molecule is O=C(c1ccc([N+](=O)[O-])cc1)N(C1CC1)[C@H]1CCc2ccccc21. The van der Waals surface area contributed by atoms with Gasteiger partial charge in [-0.3, -0.25) is 14.9 Å². The minimum atomic E-state index is -0.444. The van der Waals surface area contributed by atoms with Gasteiger partial charge in [-0.2, -0.15) is 0 Å². The molecule has 0 aromatic heterocycles. The van der Waals surface area contributed by atoms with Gasteiger partial charge in [0.15, 0.2) is 0 Å². The summed E-state index contributed by atoms with van der Waals surface area (Å²) >= 11 is 0. The second-order valence-electron chi connectivity index (χ2n) is 6.50. The van der Waals surface area contributed by atoms with Crippen LogP contribution in [0.15, 0.2) is 48.5 Å². The standard InChI is InChI=1S/C19H18N2O3/c22-19(14-5-8-16(9-6-14)21(23)24)20(15-10-11-15)18-12-7-13-3-1-2-4-17(13)18/h1-6,8-9,15,18H,7,10-12H2/t18-/m0/s1. The third kappa shape index (κ3) is 2.56. The summed E-state index contributed by atoms with van der Waals surface area (Å²) < 4.78 is 0. The van der Waals surface area contributed by atoms with E-state index in [1.807, 2.05) is 17.0 Å². The molecule has 0 aliphatic heterocycles. The van der Waals surface area contributed by atoms with Crippen LogP contribution in [0.25, 0.3) is 0 Å². The Kier molecular flexibility index (Phi) is 3.56. The number of carbonyl (C=O) groups is 1. The molecular weight excluding hydrogens is 304 g/mol. The summed E-state index contributed by atoms with van der Waals surface area (Å²) in [5.74, 6) is -0.0194. The maximum absolute atomic E-state index is 13.1. The average Bonchev–Trinajstić information content (AvgIpc) is 3.35. The number of amides is 1. The van der Waals surface area contributed by atoms with E-state index in [2.05, 4.69) is 12.1 Å². The number of nitro benzene ring substituents is 1. The van der Waals surface area contributed by atoms with Crippen molar-refractivity contribution in [3.8, 4) is 0 Å². The van der Waals surface area contributed by atoms with Crippen molar-refractivity contribution in [1.29, 1.82) is 0 Å². The zero-order valence-corrected chi connectivity index (χ0v) is 13.2. The molecule has 1 saturated carbocycles. The molecule has 5 heteroatoms. The fraction of sp³-hybridized carbons (Fsp3) is 0.316. The second kappa shape index (κ2) is 5.74. The van der Waals surface area contributed by atoms with Crippen molar-refractivity contribution in [2.75, 3.05) is 0 Å². The minimum Gasteiger partial charge on any atom is -0.329 e. The first kappa shape index (κ1) is 14.9. The van der Waals surface area contributed by atoms with Crippen molar-refractivity contribution < 1.29 is 9.72 Å². The number of rotatable bonds is 4. The van der Waals surface area contributed by atoms with Crippen LogP contribution in [0.3, 0.4) is 0 Å². The van der Waals surface area contributed by atoms with Crippen LogP contribution in [0.2, 0.25) is 0 Å². The van der Waals surface area contributed by atoms with Crippen molar-refractivity contribution in [3.05, 3.63) is 75.3 Å². The van der Waals surface area contributed by atoms with Crippen LogP contribution in [0.5, 0.6) is 0 Å². The molecule has 0 N–H and O–H groups in total. The fourth-order valence-corrected chi connectivity index (χ4v) is 3.61. The highest BCUT2D eigenvalue weighted by atomic mass is 16.6. The maximum Gasteiger partial charge on any atom is 0.269 e. The molecule has 2 aliphatic rings. The van der Waals surface area contributed by atoms with E-state index in [0.717, 1.165) is 25.7 Å². The summed E-state index contributed by atoms with van der Waals surface area (Å²) in [4.78, 5) is 25.4. The Morgan fingerprint density at radius 1 is 1.04 bits per heavy atom. The summed E-state index contributed by atoms with van der Waals surface area (Å²) in [6.07, 6.45) is 4.03. The van der Waals surface area contributed by atoms with Crippen molar-refractivity contribution >= 4 is 11.6 Å². The minimum absolute atomic E-state index is 0.00994. The van der Waals surface area contributed by atoms with Gasteiger partial charge in [0.25, 0.3) is 11.6 Å². The number of nitrogens with zero attached hydrogens (tertiary/aromatic N) is 2. The van der Waals surface area contributed by atoms with Gasteiger partial charge in [0.1, 0.15) is 0 Å². The zero-order valence-electron chi connectivity index (χ0n) is 13.2. The number of non-ortho nitro benzene ring substituents is 1. The van der Waals surface area contributed by atoms with E-state index >= 15 is 0 Å². The first-order valence-corrected chi connectivity index (χ1v) is 8.30. The van der Waals surface area contributed by atoms with E-state index in [0.29, 0.717) is 11.6 Å². The lowest BCUT2D eigenvalue weighted by Gasteiger charge is -2.30. The number of aryl methyl sites for hydroxylation is 1. The molecule has 2 aromatic carbocycles. The molecule has 122 valence electrons. The first-order chi connectivity index (χ1) is 11.6. The third-order valence-corrected chi connectivity index (χ3v) is 4.94. The van der Waals surface area contributed by atoms with Gasteiger partial charge in [-0.15, -0.1) is 0 Å². The predicted molar refractivity (Wildman–Crippen MR) is 89.8 cm³/mol. The predicted octanol–water partition coefficient (Wildman–Crippen LogP) is 3.89. The number of benzene rings is 2. The number of carbonyl (C=O) groups excluding carboxylic acids is 1. The van der Waals surface area contributed by atoms with Gasteiger partial charge in [0.2, 0.25) is 0 Å². The van der Waals surface area contributed by atoms with E-state index in [-0.39, 0.29) is 17.6 Å². The zero-order chi connectivity index (χ0) is 16.7. The topological polar surface area (TPSA) is 63.4 Å². The monoisotopic (exact) mass is 322 g/mol. The van der Waals surface area contributed by atoms with Crippen LogP contribution in [-0.2, 0) is 6.42 Å². The van der Waals surface area contributed by atoms with E-state index in [1.165, 1.54) is 23.3 Å². The number of fused-ring (bicyclic) bond motifs is 1. The molecule has 4 rings (SSSR count). The van der Waals surface area contributed by atoms with Gasteiger partial charge in [0, 0.05) is 23.7 Å². The molecule has 5 nitrogen and oxygen atoms in total. The molecule has 2 aromatic rings. The molecule has 0 radical (unpaired) electrons. The van der Waals surface area contributed by atoms with Crippen LogP contribution in [0, 0.1) is 10.1 Å². The number of nitro groups is 1. The lowest BCUT2D eigenvalue weighted by atomic mass is 10.0. The molecule has 1 atom stereocenters. The van der Waals surface area contributed by atoms with Crippen molar-refractivity contribution in [2.24, 2.45) is 0 Å². The Balaban J connectivity index is 1.64. The van der Waals surface area contributed by atoms with Gasteiger partial charge < -0.3 is 4.90 Å². The van der Waals surface area contributed by atoms with Gasteiger partial charge in [-0.05, 0) is 48.9 Å². The first-order valence-electron chi connectivity index (χ1n) is 8.30. The Labute approximate surface area is 140 Å². The lowest BCUT2D eigenvalue weighted by molar-refractivity contribution is -0.384. The summed E-state index contributed by atoms with van der Waals surface area (Å²) in [6.45, 7) is 0. The van der Waals surface area contributed by atoms with E-state index in [9.17, 15) is 14.9 Å². The average molecular weight is 322 g/mol. The van der Waals surface area contributed by atoms with Crippen LogP contribution in [-0.4, -0.2) is 21.8 Å². The molecule has 0 heterocycles. The molecule has 0 unspecified atom stereocenters. The molecule has 2 aliphatic carbocycles. The lowest BCUT2D eigenvalue weighted by Crippen LogP contribution is -2.36. The summed E-state index contributed by atoms with van der Waals surface area (Å²) in [7, 11) is 0. The molecule has 0 spiro atoms. The Morgan fingerprint density at radius 2 is 1.75 bits per heavy atom. The smallest absolute Gasteiger partial charge is 0.269 e. The van der Waals surface area contributed by atoms with Gasteiger partial charge in [-0.1, -0.05) is 24.3 Å². The van der Waals surface area contributed by atoms with E-state index < -0.39 is 4.92 Å². The van der Waals surface area contributed by atoms with Crippen LogP contribution in [0.4, 0.5) is 5.69 Å². The van der Waals surface area contributed by atoms with E-state index in [4.69, 9.17) is 0 Å². The molecular formula is C19H18N2O3. The third-order valence-electron chi connectivity index (χ3n) is 4.94.